The fourth-order valence-electron chi connectivity index (χ4n) is 3.25. The van der Waals surface area contributed by atoms with Gasteiger partial charge in [-0.15, -0.1) is 0 Å². The fourth-order valence-corrected chi connectivity index (χ4v) is 3.25. The molecule has 0 atom stereocenters. The molecule has 1 amide bonds. The topological polar surface area (TPSA) is 126 Å². The summed E-state index contributed by atoms with van der Waals surface area (Å²) in [5, 5.41) is 17.1. The lowest BCUT2D eigenvalue weighted by Crippen LogP contribution is -2.29. The summed E-state index contributed by atoms with van der Waals surface area (Å²) in [5.41, 5.74) is -0.926. The molecule has 2 aromatic heterocycles. The van der Waals surface area contributed by atoms with Crippen LogP contribution in [0.2, 0.25) is 0 Å². The van der Waals surface area contributed by atoms with E-state index in [1.54, 1.807) is 24.3 Å². The Hall–Kier alpha value is -4.22. The summed E-state index contributed by atoms with van der Waals surface area (Å²) in [6.45, 7) is 0.669. The Morgan fingerprint density at radius 3 is 2.65 bits per heavy atom. The van der Waals surface area contributed by atoms with E-state index in [1.165, 1.54) is 12.1 Å². The minimum absolute atomic E-state index is 0.0198. The molecule has 34 heavy (non-hydrogen) atoms. The van der Waals surface area contributed by atoms with Gasteiger partial charge in [0.1, 0.15) is 0 Å². The van der Waals surface area contributed by atoms with Crippen LogP contribution in [-0.4, -0.2) is 39.3 Å². The van der Waals surface area contributed by atoms with Gasteiger partial charge in [0.2, 0.25) is 17.6 Å². The van der Waals surface area contributed by atoms with Crippen LogP contribution in [-0.2, 0) is 17.4 Å². The molecule has 0 aliphatic rings. The van der Waals surface area contributed by atoms with Crippen molar-refractivity contribution in [3.05, 3.63) is 70.3 Å². The van der Waals surface area contributed by atoms with E-state index in [2.05, 4.69) is 31.0 Å². The first-order chi connectivity index (χ1) is 16.3. The van der Waals surface area contributed by atoms with Gasteiger partial charge < -0.3 is 15.2 Å². The number of aromatic nitrogens is 4. The average Bonchev–Trinajstić information content (AvgIpc) is 3.31. The number of benzene rings is 2. The van der Waals surface area contributed by atoms with Gasteiger partial charge in [0, 0.05) is 36.9 Å². The van der Waals surface area contributed by atoms with E-state index in [0.717, 1.165) is 12.1 Å². The summed E-state index contributed by atoms with van der Waals surface area (Å²) >= 11 is 0. The molecule has 2 heterocycles. The van der Waals surface area contributed by atoms with Gasteiger partial charge in [-0.2, -0.15) is 23.3 Å². The largest absolute Gasteiger partial charge is 0.416 e. The van der Waals surface area contributed by atoms with Crippen LogP contribution in [0.25, 0.3) is 22.2 Å². The van der Waals surface area contributed by atoms with Crippen LogP contribution in [0.3, 0.4) is 0 Å². The van der Waals surface area contributed by atoms with E-state index in [1.807, 2.05) is 0 Å². The number of nitrogens with zero attached hydrogens (tertiary/aromatic N) is 3. The maximum Gasteiger partial charge on any atom is 0.416 e. The molecular formula is C22H19F3N6O3. The minimum Gasteiger partial charge on any atom is -0.366 e. The molecule has 2 aromatic carbocycles. The standard InChI is InChI=1S/C22H19F3N6O3/c23-22(24,25)14-5-3-4-13(12-14)19-28-18(34-31-19)9-8-17(32)26-10-11-27-20-15-6-1-2-7-16(15)21(33)30-29-20/h1-7,12H,8-11H2,(H,26,32)(H,27,29)(H,30,33). The van der Waals surface area contributed by atoms with Crippen molar-refractivity contribution in [1.82, 2.24) is 25.7 Å². The smallest absolute Gasteiger partial charge is 0.366 e. The molecule has 0 spiro atoms. The number of aromatic amines is 1. The monoisotopic (exact) mass is 472 g/mol. The van der Waals surface area contributed by atoms with Crippen molar-refractivity contribution < 1.29 is 22.5 Å². The lowest BCUT2D eigenvalue weighted by Gasteiger charge is -2.08. The van der Waals surface area contributed by atoms with Gasteiger partial charge in [-0.25, -0.2) is 5.10 Å². The van der Waals surface area contributed by atoms with Gasteiger partial charge >= 0.3 is 6.18 Å². The van der Waals surface area contributed by atoms with E-state index in [9.17, 15) is 22.8 Å². The highest BCUT2D eigenvalue weighted by molar-refractivity contribution is 5.90. The van der Waals surface area contributed by atoms with Crippen molar-refractivity contribution in [2.24, 2.45) is 0 Å². The van der Waals surface area contributed by atoms with Crippen molar-refractivity contribution in [2.75, 3.05) is 18.4 Å². The molecule has 0 radical (unpaired) electrons. The third-order valence-corrected chi connectivity index (χ3v) is 4.92. The molecular weight excluding hydrogens is 453 g/mol. The Morgan fingerprint density at radius 1 is 1.06 bits per heavy atom. The first-order valence-corrected chi connectivity index (χ1v) is 10.3. The molecule has 4 aromatic rings. The Bertz CT molecular complexity index is 1370. The van der Waals surface area contributed by atoms with Crippen LogP contribution in [0, 0.1) is 0 Å². The zero-order valence-electron chi connectivity index (χ0n) is 17.6. The summed E-state index contributed by atoms with van der Waals surface area (Å²) in [6, 6.07) is 11.6. The number of halogens is 3. The van der Waals surface area contributed by atoms with E-state index < -0.39 is 11.7 Å². The third-order valence-electron chi connectivity index (χ3n) is 4.92. The normalized spacial score (nSPS) is 11.5. The number of rotatable bonds is 8. The van der Waals surface area contributed by atoms with Crippen LogP contribution >= 0.6 is 0 Å². The molecule has 3 N–H and O–H groups in total. The molecule has 0 aliphatic carbocycles. The van der Waals surface area contributed by atoms with Crippen molar-refractivity contribution in [3.63, 3.8) is 0 Å². The number of amides is 1. The highest BCUT2D eigenvalue weighted by Gasteiger charge is 2.30. The molecule has 4 rings (SSSR count). The van der Waals surface area contributed by atoms with Gasteiger partial charge in [-0.1, -0.05) is 35.5 Å². The third kappa shape index (κ3) is 5.39. The van der Waals surface area contributed by atoms with E-state index in [-0.39, 0.29) is 41.6 Å². The van der Waals surface area contributed by atoms with Crippen LogP contribution in [0.5, 0.6) is 0 Å². The molecule has 0 aliphatic heterocycles. The van der Waals surface area contributed by atoms with E-state index >= 15 is 0 Å². The number of carbonyl (C=O) groups is 1. The van der Waals surface area contributed by atoms with E-state index in [0.29, 0.717) is 29.7 Å². The number of hydrogen-bond acceptors (Lipinski definition) is 7. The van der Waals surface area contributed by atoms with Gasteiger partial charge in [-0.05, 0) is 18.2 Å². The first kappa shape index (κ1) is 23.0. The molecule has 12 heteroatoms. The number of alkyl halides is 3. The number of carbonyl (C=O) groups excluding carboxylic acids is 1. The highest BCUT2D eigenvalue weighted by Crippen LogP contribution is 2.31. The summed E-state index contributed by atoms with van der Waals surface area (Å²) < 4.78 is 43.7. The van der Waals surface area contributed by atoms with Crippen LogP contribution < -0.4 is 16.2 Å². The van der Waals surface area contributed by atoms with Crippen molar-refractivity contribution in [3.8, 4) is 11.4 Å². The summed E-state index contributed by atoms with van der Waals surface area (Å²) in [7, 11) is 0. The molecule has 0 unspecified atom stereocenters. The molecule has 9 nitrogen and oxygen atoms in total. The number of nitrogens with one attached hydrogen (secondary N) is 3. The van der Waals surface area contributed by atoms with Gasteiger partial charge in [0.15, 0.2) is 5.82 Å². The molecule has 176 valence electrons. The average molecular weight is 472 g/mol. The SMILES string of the molecule is O=C(CCc1nc(-c2cccc(C(F)(F)F)c2)no1)NCCNc1n[nH]c(=O)c2ccccc12. The second-order valence-electron chi connectivity index (χ2n) is 7.31. The maximum atomic E-state index is 12.9. The molecule has 0 fully saturated rings. The lowest BCUT2D eigenvalue weighted by molar-refractivity contribution is -0.137. The predicted octanol–water partition coefficient (Wildman–Crippen LogP) is 3.15. The van der Waals surface area contributed by atoms with Gasteiger partial charge in [-0.3, -0.25) is 9.59 Å². The van der Waals surface area contributed by atoms with Crippen LogP contribution in [0.15, 0.2) is 57.8 Å². The quantitative estimate of drug-likeness (QED) is 0.336. The first-order valence-electron chi connectivity index (χ1n) is 10.3. The Morgan fingerprint density at radius 2 is 1.85 bits per heavy atom. The predicted molar refractivity (Wildman–Crippen MR) is 117 cm³/mol. The Kier molecular flexibility index (Phi) is 6.57. The van der Waals surface area contributed by atoms with E-state index in [4.69, 9.17) is 4.52 Å². The Labute approximate surface area is 190 Å². The van der Waals surface area contributed by atoms with Crippen molar-refractivity contribution in [1.29, 1.82) is 0 Å². The number of fused-ring (bicyclic) bond motifs is 1. The lowest BCUT2D eigenvalue weighted by atomic mass is 10.1. The summed E-state index contributed by atoms with van der Waals surface area (Å²) in [6.07, 6.45) is -4.28. The molecule has 0 bridgehead atoms. The second kappa shape index (κ2) is 9.73. The summed E-state index contributed by atoms with van der Waals surface area (Å²) in [5.74, 6) is 0.397. The van der Waals surface area contributed by atoms with Crippen LogP contribution in [0.1, 0.15) is 17.9 Å². The van der Waals surface area contributed by atoms with Gasteiger partial charge in [0.05, 0.1) is 10.9 Å². The molecule has 0 saturated carbocycles. The maximum absolute atomic E-state index is 12.9. The van der Waals surface area contributed by atoms with Crippen molar-refractivity contribution >= 4 is 22.5 Å². The summed E-state index contributed by atoms with van der Waals surface area (Å²) in [4.78, 5) is 28.0. The number of aryl methyl sites for hydroxylation is 1. The Balaban J connectivity index is 1.25. The number of anilines is 1. The second-order valence-corrected chi connectivity index (χ2v) is 7.31. The highest BCUT2D eigenvalue weighted by atomic mass is 19.4. The van der Waals surface area contributed by atoms with Crippen LogP contribution in [0.4, 0.5) is 19.0 Å². The minimum atomic E-state index is -4.48. The molecule has 0 saturated heterocycles. The zero-order chi connectivity index (χ0) is 24.1. The number of H-pyrrole nitrogens is 1. The zero-order valence-corrected chi connectivity index (χ0v) is 17.6. The fraction of sp³-hybridized carbons (Fsp3) is 0.227. The van der Waals surface area contributed by atoms with Gasteiger partial charge in [0.25, 0.3) is 5.56 Å². The van der Waals surface area contributed by atoms with Crippen molar-refractivity contribution in [2.45, 2.75) is 19.0 Å². The number of hydrogen-bond donors (Lipinski definition) is 3.